The first-order chi connectivity index (χ1) is 8.77. The molecule has 1 aromatic heterocycles. The summed E-state index contributed by atoms with van der Waals surface area (Å²) in [5, 5.41) is 3.71. The van der Waals surface area contributed by atoms with Crippen LogP contribution in [0.1, 0.15) is 5.82 Å². The van der Waals surface area contributed by atoms with Crippen LogP contribution < -0.4 is 11.7 Å². The van der Waals surface area contributed by atoms with Crippen molar-refractivity contribution in [2.75, 3.05) is 0 Å². The lowest BCUT2D eigenvalue weighted by atomic mass is 10.2. The van der Waals surface area contributed by atoms with Crippen molar-refractivity contribution in [2.45, 2.75) is 6.92 Å². The van der Waals surface area contributed by atoms with Crippen molar-refractivity contribution < 1.29 is 4.52 Å². The Hall–Kier alpha value is -2.24. The minimum Gasteiger partial charge on any atom is -0.334 e. The van der Waals surface area contributed by atoms with Crippen LogP contribution in [0.5, 0.6) is 0 Å². The summed E-state index contributed by atoms with van der Waals surface area (Å²) in [6.45, 7) is 8.52. The molecule has 0 bridgehead atoms. The molecular weight excluding hydrogens is 228 g/mol. The molecule has 2 aromatic rings. The number of rotatable bonds is 2. The lowest BCUT2D eigenvalue weighted by Crippen LogP contribution is -2.02. The number of benzene rings is 1. The number of nitrogens with zero attached hydrogens (tertiary/aromatic N) is 2. The van der Waals surface area contributed by atoms with Gasteiger partial charge in [-0.1, -0.05) is 48.7 Å². The van der Waals surface area contributed by atoms with E-state index in [4.69, 9.17) is 4.52 Å². The summed E-state index contributed by atoms with van der Waals surface area (Å²) in [4.78, 5) is 4.10. The summed E-state index contributed by atoms with van der Waals surface area (Å²) in [5.41, 5.74) is 0.957. The highest BCUT2D eigenvalue weighted by molar-refractivity contribution is 5.51. The second kappa shape index (κ2) is 9.95. The van der Waals surface area contributed by atoms with Crippen LogP contribution in [-0.4, -0.2) is 10.1 Å². The van der Waals surface area contributed by atoms with Crippen LogP contribution in [0.4, 0.5) is 0 Å². The fourth-order valence-electron chi connectivity index (χ4n) is 0.995. The fraction of sp³-hybridized carbons (Fsp3) is 0.0769. The molecule has 0 amide bonds. The number of hydrazine groups is 1. The molecule has 0 aliphatic rings. The Morgan fingerprint density at radius 2 is 1.67 bits per heavy atom. The van der Waals surface area contributed by atoms with E-state index in [1.54, 1.807) is 19.1 Å². The molecule has 0 atom stereocenters. The highest BCUT2D eigenvalue weighted by Gasteiger charge is 2.03. The van der Waals surface area contributed by atoms with Crippen molar-refractivity contribution in [1.82, 2.24) is 10.1 Å². The third kappa shape index (κ3) is 5.74. The molecule has 2 rings (SSSR count). The number of hydrogen-bond donors (Lipinski definition) is 2. The average Bonchev–Trinajstić information content (AvgIpc) is 2.89. The van der Waals surface area contributed by atoms with Gasteiger partial charge in [0.2, 0.25) is 0 Å². The molecule has 0 saturated heterocycles. The van der Waals surface area contributed by atoms with Gasteiger partial charge in [-0.2, -0.15) is 4.98 Å². The molecule has 5 nitrogen and oxygen atoms in total. The summed E-state index contributed by atoms with van der Waals surface area (Å²) < 4.78 is 4.99. The Labute approximate surface area is 107 Å². The van der Waals surface area contributed by atoms with Crippen molar-refractivity contribution >= 4 is 0 Å². The first-order valence-corrected chi connectivity index (χ1v) is 5.20. The number of aromatic nitrogens is 2. The molecule has 5 heteroatoms. The van der Waals surface area contributed by atoms with Gasteiger partial charge in [0.25, 0.3) is 5.89 Å². The second-order valence-corrected chi connectivity index (χ2v) is 2.98. The minimum atomic E-state index is 0.577. The van der Waals surface area contributed by atoms with Gasteiger partial charge in [0.15, 0.2) is 5.82 Å². The van der Waals surface area contributed by atoms with Gasteiger partial charge in [-0.25, -0.2) is 0 Å². The predicted molar refractivity (Wildman–Crippen MR) is 73.2 cm³/mol. The van der Waals surface area contributed by atoms with Crippen LogP contribution >= 0.6 is 0 Å². The van der Waals surface area contributed by atoms with Gasteiger partial charge in [0, 0.05) is 5.56 Å². The highest BCUT2D eigenvalue weighted by Crippen LogP contribution is 2.15. The monoisotopic (exact) mass is 246 g/mol. The zero-order valence-corrected chi connectivity index (χ0v) is 10.4. The van der Waals surface area contributed by atoms with E-state index in [0.717, 1.165) is 5.56 Å². The van der Waals surface area contributed by atoms with Gasteiger partial charge in [0.05, 0.1) is 0 Å². The summed E-state index contributed by atoms with van der Waals surface area (Å²) in [6, 6.07) is 9.70. The van der Waals surface area contributed by atoms with Gasteiger partial charge in [0.1, 0.15) is 0 Å². The number of hydrogen-bond acceptors (Lipinski definition) is 5. The van der Waals surface area contributed by atoms with Gasteiger partial charge in [-0.05, 0) is 19.1 Å². The Kier molecular flexibility index (Phi) is 8.71. The van der Waals surface area contributed by atoms with E-state index in [2.05, 4.69) is 35.0 Å². The summed E-state index contributed by atoms with van der Waals surface area (Å²) >= 11 is 0. The maximum Gasteiger partial charge on any atom is 0.257 e. The SMILES string of the molecule is C=CC=C.Cc1noc(-c2ccccc2)n1.NN. The van der Waals surface area contributed by atoms with Crippen LogP contribution in [0, 0.1) is 6.92 Å². The van der Waals surface area contributed by atoms with E-state index in [1.807, 2.05) is 30.3 Å². The molecule has 0 aliphatic heterocycles. The quantitative estimate of drug-likeness (QED) is 0.481. The van der Waals surface area contributed by atoms with E-state index >= 15 is 0 Å². The number of aryl methyl sites for hydroxylation is 1. The normalized spacial score (nSPS) is 8.17. The van der Waals surface area contributed by atoms with Crippen LogP contribution in [-0.2, 0) is 0 Å². The second-order valence-electron chi connectivity index (χ2n) is 2.98. The first-order valence-electron chi connectivity index (χ1n) is 5.20. The Balaban J connectivity index is 0.000000415. The third-order valence-corrected chi connectivity index (χ3v) is 1.71. The zero-order valence-electron chi connectivity index (χ0n) is 10.4. The largest absolute Gasteiger partial charge is 0.334 e. The van der Waals surface area contributed by atoms with Crippen molar-refractivity contribution in [1.29, 1.82) is 0 Å². The molecule has 0 saturated carbocycles. The standard InChI is InChI=1S/C9H8N2O.C4H6.H4N2/c1-7-10-9(12-11-7)8-5-3-2-4-6-8;1-3-4-2;1-2/h2-6H,1H3;3-4H,1-2H2;1-2H2. The van der Waals surface area contributed by atoms with Gasteiger partial charge >= 0.3 is 0 Å². The molecule has 0 spiro atoms. The summed E-state index contributed by atoms with van der Waals surface area (Å²) in [7, 11) is 0. The number of allylic oxidation sites excluding steroid dienone is 2. The first kappa shape index (κ1) is 15.8. The average molecular weight is 246 g/mol. The smallest absolute Gasteiger partial charge is 0.257 e. The predicted octanol–water partition coefficient (Wildman–Crippen LogP) is 2.22. The van der Waals surface area contributed by atoms with Crippen molar-refractivity contribution in [3.05, 3.63) is 61.5 Å². The highest BCUT2D eigenvalue weighted by atomic mass is 16.5. The van der Waals surface area contributed by atoms with E-state index in [9.17, 15) is 0 Å². The number of nitrogens with two attached hydrogens (primary N) is 2. The van der Waals surface area contributed by atoms with Crippen LogP contribution in [0.3, 0.4) is 0 Å². The molecule has 0 aliphatic carbocycles. The van der Waals surface area contributed by atoms with E-state index in [0.29, 0.717) is 11.7 Å². The Bertz CT molecular complexity index is 445. The van der Waals surface area contributed by atoms with Crippen molar-refractivity contribution in [2.24, 2.45) is 11.7 Å². The van der Waals surface area contributed by atoms with Gasteiger partial charge < -0.3 is 4.52 Å². The summed E-state index contributed by atoms with van der Waals surface area (Å²) in [5.74, 6) is 9.24. The Morgan fingerprint density at radius 3 is 2.06 bits per heavy atom. The van der Waals surface area contributed by atoms with E-state index < -0.39 is 0 Å². The third-order valence-electron chi connectivity index (χ3n) is 1.71. The molecule has 0 fully saturated rings. The maximum atomic E-state index is 4.99. The van der Waals surface area contributed by atoms with Crippen LogP contribution in [0.2, 0.25) is 0 Å². The summed E-state index contributed by atoms with van der Waals surface area (Å²) in [6.07, 6.45) is 3.28. The zero-order chi connectivity index (χ0) is 13.8. The molecule has 4 N–H and O–H groups in total. The van der Waals surface area contributed by atoms with Crippen LogP contribution in [0.25, 0.3) is 11.5 Å². The van der Waals surface area contributed by atoms with E-state index in [-0.39, 0.29) is 0 Å². The molecular formula is C13H18N4O. The van der Waals surface area contributed by atoms with Crippen molar-refractivity contribution in [3.63, 3.8) is 0 Å². The Morgan fingerprint density at radius 1 is 1.11 bits per heavy atom. The molecule has 1 heterocycles. The minimum absolute atomic E-state index is 0.577. The molecule has 0 unspecified atom stereocenters. The maximum absolute atomic E-state index is 4.99. The van der Waals surface area contributed by atoms with Gasteiger partial charge in [-0.15, -0.1) is 0 Å². The molecule has 0 radical (unpaired) electrons. The van der Waals surface area contributed by atoms with Crippen LogP contribution in [0.15, 0.2) is 60.2 Å². The molecule has 96 valence electrons. The lowest BCUT2D eigenvalue weighted by molar-refractivity contribution is 0.425. The van der Waals surface area contributed by atoms with Gasteiger partial charge in [-0.3, -0.25) is 11.7 Å². The van der Waals surface area contributed by atoms with Crippen molar-refractivity contribution in [3.8, 4) is 11.5 Å². The lowest BCUT2D eigenvalue weighted by Gasteiger charge is -1.89. The molecule has 18 heavy (non-hydrogen) atoms. The fourth-order valence-corrected chi connectivity index (χ4v) is 0.995. The van der Waals surface area contributed by atoms with E-state index in [1.165, 1.54) is 0 Å². The topological polar surface area (TPSA) is 91.0 Å². The molecule has 1 aromatic carbocycles.